The molecule has 0 aromatic heterocycles. The maximum Gasteiger partial charge on any atom is 0.331 e. The minimum Gasteiger partial charge on any atom is -0.466 e. The molecule has 0 N–H and O–H groups in total. The van der Waals surface area contributed by atoms with Crippen LogP contribution in [0.3, 0.4) is 0 Å². The number of aliphatic imine (C=N–C) groups is 1. The second-order valence-electron chi connectivity index (χ2n) is 2.83. The lowest BCUT2D eigenvalue weighted by molar-refractivity contribution is -0.146. The van der Waals surface area contributed by atoms with Crippen LogP contribution in [0.4, 0.5) is 0 Å². The zero-order chi connectivity index (χ0) is 12.4. The number of hydrogen-bond acceptors (Lipinski definition) is 6. The summed E-state index contributed by atoms with van der Waals surface area (Å²) in [5.74, 6) is -0.861. The summed E-state index contributed by atoms with van der Waals surface area (Å²) in [5, 5.41) is 2.12. The minimum atomic E-state index is -0.762. The van der Waals surface area contributed by atoms with Gasteiger partial charge in [0.15, 0.2) is 6.04 Å². The third-order valence-corrected chi connectivity index (χ3v) is 1.80. The van der Waals surface area contributed by atoms with Gasteiger partial charge in [0, 0.05) is 6.42 Å². The fraction of sp³-hybridized carbons (Fsp3) is 0.700. The molecule has 0 rings (SSSR count). The number of rotatable bonds is 7. The summed E-state index contributed by atoms with van der Waals surface area (Å²) >= 11 is 4.42. The molecule has 0 aliphatic rings. The summed E-state index contributed by atoms with van der Waals surface area (Å²) in [5.41, 5.74) is 0. The van der Waals surface area contributed by atoms with Crippen molar-refractivity contribution in [2.75, 3.05) is 13.2 Å². The van der Waals surface area contributed by atoms with Gasteiger partial charge in [-0.15, -0.1) is 0 Å². The third kappa shape index (κ3) is 6.27. The van der Waals surface area contributed by atoms with Crippen molar-refractivity contribution in [3.05, 3.63) is 0 Å². The lowest BCUT2D eigenvalue weighted by Gasteiger charge is -2.09. The molecule has 0 fully saturated rings. The Hall–Kier alpha value is -1.26. The first-order valence-corrected chi connectivity index (χ1v) is 5.45. The first kappa shape index (κ1) is 14.7. The molecule has 1 atom stereocenters. The van der Waals surface area contributed by atoms with E-state index >= 15 is 0 Å². The SMILES string of the molecule is CCOC(=O)CC[C@@H](N=C=S)C(=O)OCC. The topological polar surface area (TPSA) is 65.0 Å². The van der Waals surface area contributed by atoms with Gasteiger partial charge in [-0.2, -0.15) is 0 Å². The minimum absolute atomic E-state index is 0.109. The number of carbonyl (C=O) groups excluding carboxylic acids is 2. The average molecular weight is 245 g/mol. The molecule has 0 aromatic carbocycles. The molecular formula is C10H15NO4S. The van der Waals surface area contributed by atoms with Crippen LogP contribution in [0, 0.1) is 0 Å². The monoisotopic (exact) mass is 245 g/mol. The molecule has 0 spiro atoms. The summed E-state index contributed by atoms with van der Waals surface area (Å²) in [6.45, 7) is 4.00. The van der Waals surface area contributed by atoms with E-state index in [0.717, 1.165) is 0 Å². The average Bonchev–Trinajstić information content (AvgIpc) is 2.24. The van der Waals surface area contributed by atoms with Crippen LogP contribution in [0.25, 0.3) is 0 Å². The van der Waals surface area contributed by atoms with Gasteiger partial charge < -0.3 is 9.47 Å². The summed E-state index contributed by atoms with van der Waals surface area (Å²) in [6.07, 6.45) is 0.332. The first-order valence-electron chi connectivity index (χ1n) is 5.04. The van der Waals surface area contributed by atoms with Crippen molar-refractivity contribution >= 4 is 29.3 Å². The molecule has 0 bridgehead atoms. The highest BCUT2D eigenvalue weighted by atomic mass is 32.1. The molecule has 0 aromatic rings. The van der Waals surface area contributed by atoms with Gasteiger partial charge in [0.25, 0.3) is 0 Å². The maximum atomic E-state index is 11.3. The van der Waals surface area contributed by atoms with Crippen LogP contribution >= 0.6 is 12.2 Å². The molecule has 0 heterocycles. The Labute approximate surface area is 99.8 Å². The second kappa shape index (κ2) is 9.00. The second-order valence-corrected chi connectivity index (χ2v) is 3.01. The summed E-state index contributed by atoms with van der Waals surface area (Å²) in [7, 11) is 0. The van der Waals surface area contributed by atoms with Crippen LogP contribution in [-0.4, -0.2) is 36.4 Å². The molecule has 0 saturated carbocycles. The Morgan fingerprint density at radius 2 is 1.94 bits per heavy atom. The molecule has 90 valence electrons. The van der Waals surface area contributed by atoms with Crippen molar-refractivity contribution in [3.8, 4) is 0 Å². The van der Waals surface area contributed by atoms with Gasteiger partial charge in [-0.1, -0.05) is 0 Å². The number of nitrogens with zero attached hydrogens (tertiary/aromatic N) is 1. The number of isothiocyanates is 1. The molecule has 6 heteroatoms. The van der Waals surface area contributed by atoms with Crippen LogP contribution in [-0.2, 0) is 19.1 Å². The molecule has 0 radical (unpaired) electrons. The fourth-order valence-electron chi connectivity index (χ4n) is 1.02. The molecule has 16 heavy (non-hydrogen) atoms. The fourth-order valence-corrected chi connectivity index (χ4v) is 1.15. The van der Waals surface area contributed by atoms with Crippen LogP contribution in [0.15, 0.2) is 4.99 Å². The molecule has 0 unspecified atom stereocenters. The van der Waals surface area contributed by atoms with Crippen molar-refractivity contribution in [1.29, 1.82) is 0 Å². The number of thiocarbonyl (C=S) groups is 1. The Morgan fingerprint density at radius 3 is 2.44 bits per heavy atom. The van der Waals surface area contributed by atoms with Gasteiger partial charge in [0.1, 0.15) is 0 Å². The van der Waals surface area contributed by atoms with E-state index in [1.165, 1.54) is 0 Å². The number of carbonyl (C=O) groups is 2. The van der Waals surface area contributed by atoms with E-state index in [0.29, 0.717) is 6.61 Å². The summed E-state index contributed by atoms with van der Waals surface area (Å²) < 4.78 is 9.51. The largest absolute Gasteiger partial charge is 0.466 e. The lowest BCUT2D eigenvalue weighted by atomic mass is 10.1. The molecular weight excluding hydrogens is 230 g/mol. The smallest absolute Gasteiger partial charge is 0.331 e. The molecule has 0 aliphatic heterocycles. The predicted octanol–water partition coefficient (Wildman–Crippen LogP) is 1.36. The maximum absolute atomic E-state index is 11.3. The molecule has 5 nitrogen and oxygen atoms in total. The van der Waals surface area contributed by atoms with Crippen molar-refractivity contribution in [1.82, 2.24) is 0 Å². The van der Waals surface area contributed by atoms with E-state index in [4.69, 9.17) is 9.47 Å². The van der Waals surface area contributed by atoms with E-state index in [-0.39, 0.29) is 25.4 Å². The standard InChI is InChI=1S/C10H15NO4S/c1-3-14-9(12)6-5-8(11-7-16)10(13)15-4-2/h8H,3-6H2,1-2H3/t8-/m1/s1. The number of esters is 2. The van der Waals surface area contributed by atoms with Crippen LogP contribution < -0.4 is 0 Å². The summed E-state index contributed by atoms with van der Waals surface area (Å²) in [6, 6.07) is -0.762. The van der Waals surface area contributed by atoms with Gasteiger partial charge in [0.2, 0.25) is 0 Å². The molecule has 0 saturated heterocycles. The third-order valence-electron chi connectivity index (χ3n) is 1.69. The van der Waals surface area contributed by atoms with E-state index in [9.17, 15) is 9.59 Å². The normalized spacial score (nSPS) is 11.1. The zero-order valence-corrected chi connectivity index (χ0v) is 10.2. The van der Waals surface area contributed by atoms with E-state index < -0.39 is 12.0 Å². The van der Waals surface area contributed by atoms with Crippen molar-refractivity contribution in [2.24, 2.45) is 4.99 Å². The van der Waals surface area contributed by atoms with Gasteiger partial charge in [-0.25, -0.2) is 9.79 Å². The predicted molar refractivity (Wildman–Crippen MR) is 61.3 cm³/mol. The highest BCUT2D eigenvalue weighted by Crippen LogP contribution is 2.05. The van der Waals surface area contributed by atoms with Crippen LogP contribution in [0.1, 0.15) is 26.7 Å². The quantitative estimate of drug-likeness (QED) is 0.385. The van der Waals surface area contributed by atoms with Crippen molar-refractivity contribution in [3.63, 3.8) is 0 Å². The first-order chi connectivity index (χ1) is 7.65. The number of ether oxygens (including phenoxy) is 2. The van der Waals surface area contributed by atoms with Gasteiger partial charge in [0.05, 0.1) is 18.4 Å². The van der Waals surface area contributed by atoms with Crippen molar-refractivity contribution in [2.45, 2.75) is 32.7 Å². The molecule has 0 aliphatic carbocycles. The van der Waals surface area contributed by atoms with Gasteiger partial charge in [-0.05, 0) is 32.5 Å². The lowest BCUT2D eigenvalue weighted by Crippen LogP contribution is -2.22. The van der Waals surface area contributed by atoms with E-state index in [1.54, 1.807) is 13.8 Å². The van der Waals surface area contributed by atoms with E-state index in [2.05, 4.69) is 22.4 Å². The van der Waals surface area contributed by atoms with Crippen LogP contribution in [0.2, 0.25) is 0 Å². The highest BCUT2D eigenvalue weighted by Gasteiger charge is 2.19. The Bertz CT molecular complexity index is 287. The van der Waals surface area contributed by atoms with Gasteiger partial charge >= 0.3 is 11.9 Å². The number of hydrogen-bond donors (Lipinski definition) is 0. The zero-order valence-electron chi connectivity index (χ0n) is 9.39. The van der Waals surface area contributed by atoms with Gasteiger partial charge in [-0.3, -0.25) is 4.79 Å². The van der Waals surface area contributed by atoms with Crippen LogP contribution in [0.5, 0.6) is 0 Å². The Kier molecular flexibility index (Phi) is 8.29. The Morgan fingerprint density at radius 1 is 1.31 bits per heavy atom. The van der Waals surface area contributed by atoms with Crippen molar-refractivity contribution < 1.29 is 19.1 Å². The van der Waals surface area contributed by atoms with E-state index in [1.807, 2.05) is 0 Å². The highest BCUT2D eigenvalue weighted by molar-refractivity contribution is 7.78. The Balaban J connectivity index is 4.18. The molecule has 0 amide bonds. The summed E-state index contributed by atoms with van der Waals surface area (Å²) in [4.78, 5) is 26.1.